The molecule has 0 fully saturated rings. The topological polar surface area (TPSA) is 49.9 Å². The van der Waals surface area contributed by atoms with Gasteiger partial charge in [0.15, 0.2) is 11.6 Å². The van der Waals surface area contributed by atoms with Gasteiger partial charge in [-0.15, -0.1) is 0 Å². The highest BCUT2D eigenvalue weighted by atomic mass is 19.1. The maximum absolute atomic E-state index is 13.8. The summed E-state index contributed by atoms with van der Waals surface area (Å²) in [6.07, 6.45) is 0. The van der Waals surface area contributed by atoms with E-state index in [1.807, 2.05) is 49.4 Å². The van der Waals surface area contributed by atoms with Crippen molar-refractivity contribution in [3.05, 3.63) is 89.1 Å². The van der Waals surface area contributed by atoms with Gasteiger partial charge in [-0.1, -0.05) is 30.3 Å². The van der Waals surface area contributed by atoms with Crippen molar-refractivity contribution in [3.8, 4) is 0 Å². The number of hydrogen-bond acceptors (Lipinski definition) is 4. The molecule has 1 aliphatic rings. The van der Waals surface area contributed by atoms with Crippen molar-refractivity contribution >= 4 is 17.2 Å². The van der Waals surface area contributed by atoms with Crippen LogP contribution < -0.4 is 5.43 Å². The lowest BCUT2D eigenvalue weighted by molar-refractivity contribution is 0.525. The Hall–Kier alpha value is -3.21. The summed E-state index contributed by atoms with van der Waals surface area (Å²) in [6.45, 7) is 1.85. The fraction of sp³-hybridized carbons (Fsp3) is 0.0526. The number of furan rings is 1. The standard InChI is InChI=1S/C19H14FN3O/c1-12-7-10-17(24-12)18-15-11-14(20)8-9-16(15)21-19(23-22-18)13-5-3-2-4-6-13/h2-11H,1H3,(H,21,23). The summed E-state index contributed by atoms with van der Waals surface area (Å²) in [5, 5.41) is 4.42. The van der Waals surface area contributed by atoms with Crippen molar-refractivity contribution in [2.75, 3.05) is 0 Å². The molecule has 0 saturated heterocycles. The molecule has 3 aromatic rings. The molecule has 0 radical (unpaired) electrons. The van der Waals surface area contributed by atoms with Gasteiger partial charge in [-0.05, 0) is 37.3 Å². The lowest BCUT2D eigenvalue weighted by Crippen LogP contribution is -2.19. The second kappa shape index (κ2) is 5.77. The first-order valence-electron chi connectivity index (χ1n) is 7.55. The Morgan fingerprint density at radius 2 is 1.83 bits per heavy atom. The maximum atomic E-state index is 13.8. The molecule has 1 aromatic heterocycles. The van der Waals surface area contributed by atoms with Crippen molar-refractivity contribution in [2.45, 2.75) is 6.92 Å². The summed E-state index contributed by atoms with van der Waals surface area (Å²) >= 11 is 0. The first-order valence-corrected chi connectivity index (χ1v) is 7.55. The zero-order chi connectivity index (χ0) is 16.5. The summed E-state index contributed by atoms with van der Waals surface area (Å²) in [5.41, 5.74) is 5.61. The smallest absolute Gasteiger partial charge is 0.155 e. The fourth-order valence-corrected chi connectivity index (χ4v) is 2.58. The second-order valence-electron chi connectivity index (χ2n) is 5.47. The molecule has 1 N–H and O–H groups in total. The Morgan fingerprint density at radius 1 is 1.00 bits per heavy atom. The van der Waals surface area contributed by atoms with E-state index in [9.17, 15) is 4.39 Å². The first kappa shape index (κ1) is 14.4. The summed E-state index contributed by atoms with van der Waals surface area (Å²) in [6, 6.07) is 17.8. The van der Waals surface area contributed by atoms with Crippen molar-refractivity contribution in [1.82, 2.24) is 5.43 Å². The molecule has 0 spiro atoms. The van der Waals surface area contributed by atoms with Gasteiger partial charge in [0.05, 0.1) is 5.69 Å². The SMILES string of the molecule is Cc1ccc(C2=NNC(c3ccccc3)=Nc3ccc(F)cc32)o1. The molecular formula is C19H14FN3O. The van der Waals surface area contributed by atoms with Gasteiger partial charge in [-0.3, -0.25) is 5.43 Å². The van der Waals surface area contributed by atoms with Crippen molar-refractivity contribution in [3.63, 3.8) is 0 Å². The number of benzene rings is 2. The number of fused-ring (bicyclic) bond motifs is 1. The Balaban J connectivity index is 1.88. The van der Waals surface area contributed by atoms with Gasteiger partial charge in [0.1, 0.15) is 17.3 Å². The van der Waals surface area contributed by atoms with E-state index >= 15 is 0 Å². The maximum Gasteiger partial charge on any atom is 0.155 e. The molecule has 4 rings (SSSR count). The summed E-state index contributed by atoms with van der Waals surface area (Å²) in [7, 11) is 0. The van der Waals surface area contributed by atoms with Crippen molar-refractivity contribution < 1.29 is 8.81 Å². The molecule has 24 heavy (non-hydrogen) atoms. The van der Waals surface area contributed by atoms with Crippen molar-refractivity contribution in [2.24, 2.45) is 10.1 Å². The lowest BCUT2D eigenvalue weighted by atomic mass is 10.1. The quantitative estimate of drug-likeness (QED) is 0.771. The number of hydrazone groups is 1. The molecular weight excluding hydrogens is 305 g/mol. The highest BCUT2D eigenvalue weighted by molar-refractivity contribution is 6.16. The number of rotatable bonds is 2. The van der Waals surface area contributed by atoms with Crippen LogP contribution in [-0.2, 0) is 0 Å². The summed E-state index contributed by atoms with van der Waals surface area (Å²) in [5.74, 6) is 1.58. The van der Waals surface area contributed by atoms with E-state index in [0.717, 1.165) is 11.3 Å². The van der Waals surface area contributed by atoms with Crippen LogP contribution in [0, 0.1) is 12.7 Å². The minimum absolute atomic E-state index is 0.344. The highest BCUT2D eigenvalue weighted by Crippen LogP contribution is 2.27. The number of aliphatic imine (C=N–C) groups is 1. The third kappa shape index (κ3) is 2.60. The van der Waals surface area contributed by atoms with E-state index < -0.39 is 0 Å². The number of nitrogens with zero attached hydrogens (tertiary/aromatic N) is 2. The van der Waals surface area contributed by atoms with Crippen LogP contribution in [0.2, 0.25) is 0 Å². The lowest BCUT2D eigenvalue weighted by Gasteiger charge is -2.04. The monoisotopic (exact) mass is 319 g/mol. The molecule has 0 aliphatic carbocycles. The highest BCUT2D eigenvalue weighted by Gasteiger charge is 2.20. The van der Waals surface area contributed by atoms with Crippen LogP contribution >= 0.6 is 0 Å². The van der Waals surface area contributed by atoms with E-state index in [4.69, 9.17) is 4.42 Å². The third-order valence-electron chi connectivity index (χ3n) is 3.74. The van der Waals surface area contributed by atoms with E-state index in [-0.39, 0.29) is 5.82 Å². The molecule has 0 amide bonds. The van der Waals surface area contributed by atoms with Crippen LogP contribution in [0.4, 0.5) is 10.1 Å². The van der Waals surface area contributed by atoms with E-state index in [2.05, 4.69) is 15.5 Å². The van der Waals surface area contributed by atoms with Gasteiger partial charge in [0.2, 0.25) is 0 Å². The minimum atomic E-state index is -0.344. The van der Waals surface area contributed by atoms with E-state index in [1.54, 1.807) is 6.07 Å². The predicted molar refractivity (Wildman–Crippen MR) is 91.3 cm³/mol. The molecule has 0 bridgehead atoms. The number of halogens is 1. The van der Waals surface area contributed by atoms with Gasteiger partial charge in [-0.2, -0.15) is 5.10 Å². The Labute approximate surface area is 138 Å². The van der Waals surface area contributed by atoms with Gasteiger partial charge >= 0.3 is 0 Å². The Bertz CT molecular complexity index is 958. The van der Waals surface area contributed by atoms with Gasteiger partial charge in [0, 0.05) is 11.1 Å². The first-order chi connectivity index (χ1) is 11.7. The average molecular weight is 319 g/mol. The van der Waals surface area contributed by atoms with E-state index in [0.29, 0.717) is 28.6 Å². The molecule has 0 unspecified atom stereocenters. The molecule has 118 valence electrons. The summed E-state index contributed by atoms with van der Waals surface area (Å²) in [4.78, 5) is 4.62. The Kier molecular flexibility index (Phi) is 3.46. The molecule has 1 aliphatic heterocycles. The summed E-state index contributed by atoms with van der Waals surface area (Å²) < 4.78 is 19.5. The molecule has 0 saturated carbocycles. The largest absolute Gasteiger partial charge is 0.460 e. The van der Waals surface area contributed by atoms with E-state index in [1.165, 1.54) is 12.1 Å². The molecule has 2 heterocycles. The predicted octanol–water partition coefficient (Wildman–Crippen LogP) is 4.16. The van der Waals surface area contributed by atoms with Crippen LogP contribution in [0.3, 0.4) is 0 Å². The average Bonchev–Trinajstić information content (AvgIpc) is 2.93. The minimum Gasteiger partial charge on any atom is -0.460 e. The van der Waals surface area contributed by atoms with Gasteiger partial charge in [0.25, 0.3) is 0 Å². The second-order valence-corrected chi connectivity index (χ2v) is 5.47. The number of nitrogens with one attached hydrogen (secondary N) is 1. The molecule has 0 atom stereocenters. The normalized spacial score (nSPS) is 13.4. The number of aryl methyl sites for hydroxylation is 1. The van der Waals surface area contributed by atoms with Crippen LogP contribution in [0.1, 0.15) is 22.6 Å². The fourth-order valence-electron chi connectivity index (χ4n) is 2.58. The molecule has 5 heteroatoms. The van der Waals surface area contributed by atoms with Gasteiger partial charge < -0.3 is 4.42 Å². The molecule has 4 nitrogen and oxygen atoms in total. The van der Waals surface area contributed by atoms with Crippen molar-refractivity contribution in [1.29, 1.82) is 0 Å². The van der Waals surface area contributed by atoms with Crippen LogP contribution in [0.5, 0.6) is 0 Å². The number of hydrogen-bond donors (Lipinski definition) is 1. The zero-order valence-corrected chi connectivity index (χ0v) is 13.0. The molecule has 2 aromatic carbocycles. The zero-order valence-electron chi connectivity index (χ0n) is 13.0. The Morgan fingerprint density at radius 3 is 2.58 bits per heavy atom. The van der Waals surface area contributed by atoms with Gasteiger partial charge in [-0.25, -0.2) is 9.38 Å². The van der Waals surface area contributed by atoms with Crippen LogP contribution in [0.15, 0.2) is 75.2 Å². The van der Waals surface area contributed by atoms with Crippen LogP contribution in [0.25, 0.3) is 0 Å². The third-order valence-corrected chi connectivity index (χ3v) is 3.74. The number of amidine groups is 1. The van der Waals surface area contributed by atoms with Crippen LogP contribution in [-0.4, -0.2) is 11.5 Å².